The molecule has 1 N–H and O–H groups in total. The summed E-state index contributed by atoms with van der Waals surface area (Å²) in [4.78, 5) is 14.8. The highest BCUT2D eigenvalue weighted by atomic mass is 19.1. The number of fused-ring (bicyclic) bond motifs is 2. The van der Waals surface area contributed by atoms with Crippen molar-refractivity contribution in [3.05, 3.63) is 65.5 Å². The molecular formula is C23H26FNO2. The molecule has 0 spiro atoms. The first-order valence-corrected chi connectivity index (χ1v) is 9.88. The van der Waals surface area contributed by atoms with Crippen molar-refractivity contribution < 1.29 is 14.3 Å². The number of Topliss-reactive ketones (excluding diaryl/α,β-unsaturated/α-hetero) is 1. The predicted molar refractivity (Wildman–Crippen MR) is 104 cm³/mol. The number of carbonyl (C=O) groups is 1. The Labute approximate surface area is 159 Å². The Morgan fingerprint density at radius 3 is 2.59 bits per heavy atom. The first kappa shape index (κ1) is 18.2. The third-order valence-electron chi connectivity index (χ3n) is 6.47. The number of rotatable bonds is 6. The van der Waals surface area contributed by atoms with E-state index < -0.39 is 0 Å². The molecule has 2 aromatic rings. The number of phenolic OH excluding ortho intramolecular Hbond substituents is 1. The fraction of sp³-hybridized carbons (Fsp3) is 0.435. The van der Waals surface area contributed by atoms with Gasteiger partial charge in [0.05, 0.1) is 0 Å². The number of piperidine rings is 1. The molecule has 3 nitrogen and oxygen atoms in total. The first-order chi connectivity index (χ1) is 13.1. The first-order valence-electron chi connectivity index (χ1n) is 9.88. The molecule has 2 aliphatic rings. The maximum Gasteiger partial charge on any atom is 0.162 e. The number of aromatic hydroxyl groups is 1. The molecule has 0 amide bonds. The van der Waals surface area contributed by atoms with Crippen LogP contribution >= 0.6 is 0 Å². The van der Waals surface area contributed by atoms with Gasteiger partial charge in [0.15, 0.2) is 5.78 Å². The molecule has 1 saturated carbocycles. The van der Waals surface area contributed by atoms with Gasteiger partial charge in [-0.05, 0) is 92.6 Å². The number of likely N-dealkylation sites (tertiary alicyclic amines) is 1. The largest absolute Gasteiger partial charge is 0.508 e. The van der Waals surface area contributed by atoms with E-state index in [1.807, 2.05) is 0 Å². The Balaban J connectivity index is 1.30. The van der Waals surface area contributed by atoms with Crippen LogP contribution in [0.4, 0.5) is 4.39 Å². The van der Waals surface area contributed by atoms with Crippen LogP contribution in [-0.4, -0.2) is 34.9 Å². The summed E-state index contributed by atoms with van der Waals surface area (Å²) in [5.41, 5.74) is 2.22. The lowest BCUT2D eigenvalue weighted by Crippen LogP contribution is -2.43. The summed E-state index contributed by atoms with van der Waals surface area (Å²) in [6.07, 6.45) is 6.07. The summed E-state index contributed by atoms with van der Waals surface area (Å²) in [5.74, 6) is 0.114. The lowest BCUT2D eigenvalue weighted by atomic mass is 9.74. The van der Waals surface area contributed by atoms with Crippen molar-refractivity contribution in [2.45, 2.75) is 50.0 Å². The van der Waals surface area contributed by atoms with Crippen molar-refractivity contribution in [1.82, 2.24) is 4.90 Å². The van der Waals surface area contributed by atoms with Gasteiger partial charge in [0.2, 0.25) is 0 Å². The van der Waals surface area contributed by atoms with E-state index in [4.69, 9.17) is 0 Å². The van der Waals surface area contributed by atoms with Gasteiger partial charge >= 0.3 is 0 Å². The smallest absolute Gasteiger partial charge is 0.162 e. The molecule has 1 aliphatic heterocycles. The molecule has 4 rings (SSSR count). The lowest BCUT2D eigenvalue weighted by molar-refractivity contribution is 0.0959. The molecule has 1 heterocycles. The van der Waals surface area contributed by atoms with Gasteiger partial charge < -0.3 is 10.0 Å². The minimum absolute atomic E-state index is 0.0943. The van der Waals surface area contributed by atoms with Crippen molar-refractivity contribution in [1.29, 1.82) is 0 Å². The quantitative estimate of drug-likeness (QED) is 0.753. The van der Waals surface area contributed by atoms with Gasteiger partial charge in [-0.15, -0.1) is 0 Å². The molecule has 2 aromatic carbocycles. The Morgan fingerprint density at radius 2 is 1.85 bits per heavy atom. The van der Waals surface area contributed by atoms with Crippen molar-refractivity contribution in [2.75, 3.05) is 13.1 Å². The van der Waals surface area contributed by atoms with Gasteiger partial charge in [0, 0.05) is 18.0 Å². The van der Waals surface area contributed by atoms with E-state index in [9.17, 15) is 14.3 Å². The molecule has 142 valence electrons. The molecule has 2 atom stereocenters. The van der Waals surface area contributed by atoms with E-state index >= 15 is 0 Å². The second-order valence-corrected chi connectivity index (χ2v) is 8.04. The normalized spacial score (nSPS) is 24.9. The summed E-state index contributed by atoms with van der Waals surface area (Å²) >= 11 is 0. The van der Waals surface area contributed by atoms with Crippen molar-refractivity contribution in [3.8, 4) is 5.75 Å². The van der Waals surface area contributed by atoms with Crippen LogP contribution in [0.1, 0.15) is 54.4 Å². The monoisotopic (exact) mass is 367 g/mol. The summed E-state index contributed by atoms with van der Waals surface area (Å²) in [6, 6.07) is 14.2. The van der Waals surface area contributed by atoms with E-state index in [1.165, 1.54) is 37.0 Å². The van der Waals surface area contributed by atoms with E-state index in [0.717, 1.165) is 25.9 Å². The standard InChI is InChI=1S/C23H26FNO2/c24-19-7-3-17(4-8-19)22(27)2-1-14-25-15-13-23(12-11-20(25)16-23)18-5-9-21(26)10-6-18/h3-10,20,26H,1-2,11-16H2. The van der Waals surface area contributed by atoms with Crippen LogP contribution in [0.15, 0.2) is 48.5 Å². The van der Waals surface area contributed by atoms with Gasteiger partial charge in [-0.1, -0.05) is 12.1 Å². The van der Waals surface area contributed by atoms with E-state index in [-0.39, 0.29) is 17.0 Å². The summed E-state index contributed by atoms with van der Waals surface area (Å²) in [5, 5.41) is 9.55. The van der Waals surface area contributed by atoms with E-state index in [2.05, 4.69) is 17.0 Å². The Morgan fingerprint density at radius 1 is 1.11 bits per heavy atom. The van der Waals surface area contributed by atoms with Crippen LogP contribution in [0.25, 0.3) is 0 Å². The topological polar surface area (TPSA) is 40.5 Å². The molecule has 2 bridgehead atoms. The minimum atomic E-state index is -0.307. The molecule has 0 aromatic heterocycles. The number of halogens is 1. The maximum absolute atomic E-state index is 13.0. The number of phenols is 1. The summed E-state index contributed by atoms with van der Waals surface area (Å²) in [6.45, 7) is 2.01. The number of hydrogen-bond donors (Lipinski definition) is 1. The SMILES string of the molecule is O=C(CCCN1CCC2(c3ccc(O)cc3)CCC1C2)c1ccc(F)cc1. The second kappa shape index (κ2) is 7.43. The number of nitrogens with zero attached hydrogens (tertiary/aromatic N) is 1. The van der Waals surface area contributed by atoms with Crippen LogP contribution < -0.4 is 0 Å². The second-order valence-electron chi connectivity index (χ2n) is 8.04. The maximum atomic E-state index is 13.0. The van der Waals surface area contributed by atoms with Gasteiger partial charge in [-0.3, -0.25) is 4.79 Å². The number of ketones is 1. The van der Waals surface area contributed by atoms with Crippen LogP contribution in [0.5, 0.6) is 5.75 Å². The average Bonchev–Trinajstić information content (AvgIpc) is 3.03. The third-order valence-corrected chi connectivity index (χ3v) is 6.47. The fourth-order valence-electron chi connectivity index (χ4n) is 4.92. The minimum Gasteiger partial charge on any atom is -0.508 e. The highest BCUT2D eigenvalue weighted by molar-refractivity contribution is 5.95. The molecule has 1 saturated heterocycles. The van der Waals surface area contributed by atoms with Gasteiger partial charge in [0.25, 0.3) is 0 Å². The zero-order valence-electron chi connectivity index (χ0n) is 15.5. The average molecular weight is 367 g/mol. The van der Waals surface area contributed by atoms with Crippen molar-refractivity contribution >= 4 is 5.78 Å². The van der Waals surface area contributed by atoms with Crippen LogP contribution in [0.2, 0.25) is 0 Å². The molecule has 2 fully saturated rings. The van der Waals surface area contributed by atoms with Crippen molar-refractivity contribution in [2.24, 2.45) is 0 Å². The molecule has 0 radical (unpaired) electrons. The van der Waals surface area contributed by atoms with Gasteiger partial charge in [-0.25, -0.2) is 4.39 Å². The lowest BCUT2D eigenvalue weighted by Gasteiger charge is -2.40. The highest BCUT2D eigenvalue weighted by Crippen LogP contribution is 2.49. The Hall–Kier alpha value is -2.20. The molecular weight excluding hydrogens is 341 g/mol. The Kier molecular flexibility index (Phi) is 5.00. The summed E-state index contributed by atoms with van der Waals surface area (Å²) < 4.78 is 13.0. The van der Waals surface area contributed by atoms with E-state index in [0.29, 0.717) is 23.8 Å². The van der Waals surface area contributed by atoms with Crippen LogP contribution in [-0.2, 0) is 5.41 Å². The molecule has 1 aliphatic carbocycles. The summed E-state index contributed by atoms with van der Waals surface area (Å²) in [7, 11) is 0. The van der Waals surface area contributed by atoms with Gasteiger partial charge in [-0.2, -0.15) is 0 Å². The van der Waals surface area contributed by atoms with E-state index in [1.54, 1.807) is 24.3 Å². The zero-order chi connectivity index (χ0) is 18.9. The molecule has 4 heteroatoms. The fourth-order valence-corrected chi connectivity index (χ4v) is 4.92. The van der Waals surface area contributed by atoms with Crippen molar-refractivity contribution in [3.63, 3.8) is 0 Å². The number of benzene rings is 2. The van der Waals surface area contributed by atoms with Crippen LogP contribution in [0, 0.1) is 5.82 Å². The van der Waals surface area contributed by atoms with Crippen LogP contribution in [0.3, 0.4) is 0 Å². The van der Waals surface area contributed by atoms with Gasteiger partial charge in [0.1, 0.15) is 11.6 Å². The number of hydrogen-bond acceptors (Lipinski definition) is 3. The molecule has 2 unspecified atom stereocenters. The number of carbonyl (C=O) groups excluding carboxylic acids is 1. The third kappa shape index (κ3) is 3.77. The predicted octanol–water partition coefficient (Wildman–Crippen LogP) is 4.69. The Bertz CT molecular complexity index is 802. The molecule has 27 heavy (non-hydrogen) atoms. The zero-order valence-corrected chi connectivity index (χ0v) is 15.5. The highest BCUT2D eigenvalue weighted by Gasteiger charge is 2.45.